The summed E-state index contributed by atoms with van der Waals surface area (Å²) in [7, 11) is 0. The molecule has 0 aliphatic heterocycles. The van der Waals surface area contributed by atoms with Crippen LogP contribution in [0.3, 0.4) is 0 Å². The van der Waals surface area contributed by atoms with Crippen LogP contribution in [-0.2, 0) is 6.54 Å². The third-order valence-corrected chi connectivity index (χ3v) is 4.45. The Kier molecular flexibility index (Phi) is 4.23. The number of benzene rings is 2. The number of hydrogen-bond acceptors (Lipinski definition) is 2. The van der Waals surface area contributed by atoms with E-state index < -0.39 is 0 Å². The number of halogens is 2. The van der Waals surface area contributed by atoms with Gasteiger partial charge in [-0.1, -0.05) is 41.9 Å². The standard InChI is InChI=1S/C17H13ClFNS/c18-15-10-13(19)8-7-12(15)11-20-16-5-2-1-4-14(16)17-6-3-9-21-17/h1-10,20H,11H2. The molecular weight excluding hydrogens is 305 g/mol. The molecule has 0 radical (unpaired) electrons. The first kappa shape index (κ1) is 14.1. The zero-order valence-electron chi connectivity index (χ0n) is 11.1. The van der Waals surface area contributed by atoms with E-state index in [0.717, 1.165) is 16.8 Å². The molecule has 0 saturated carbocycles. The number of hydrogen-bond donors (Lipinski definition) is 1. The Balaban J connectivity index is 1.83. The third kappa shape index (κ3) is 3.26. The second-order valence-electron chi connectivity index (χ2n) is 4.61. The van der Waals surface area contributed by atoms with Crippen LogP contribution < -0.4 is 5.32 Å². The largest absolute Gasteiger partial charge is 0.380 e. The summed E-state index contributed by atoms with van der Waals surface area (Å²) in [6.07, 6.45) is 0. The maximum absolute atomic E-state index is 13.1. The van der Waals surface area contributed by atoms with Crippen LogP contribution in [0.25, 0.3) is 10.4 Å². The van der Waals surface area contributed by atoms with E-state index in [1.165, 1.54) is 17.0 Å². The number of thiophene rings is 1. The molecule has 3 rings (SSSR count). The van der Waals surface area contributed by atoms with Gasteiger partial charge in [0.2, 0.25) is 0 Å². The van der Waals surface area contributed by atoms with Crippen molar-refractivity contribution < 1.29 is 4.39 Å². The summed E-state index contributed by atoms with van der Waals surface area (Å²) in [5.41, 5.74) is 3.07. The van der Waals surface area contributed by atoms with Crippen LogP contribution in [0.15, 0.2) is 60.0 Å². The minimum absolute atomic E-state index is 0.317. The number of anilines is 1. The molecule has 0 spiro atoms. The van der Waals surface area contributed by atoms with Crippen molar-refractivity contribution in [2.24, 2.45) is 0 Å². The van der Waals surface area contributed by atoms with Crippen LogP contribution in [0.5, 0.6) is 0 Å². The molecule has 0 aliphatic rings. The van der Waals surface area contributed by atoms with Crippen molar-refractivity contribution in [3.63, 3.8) is 0 Å². The molecule has 2 aromatic carbocycles. The van der Waals surface area contributed by atoms with Crippen LogP contribution in [0.1, 0.15) is 5.56 Å². The van der Waals surface area contributed by atoms with Gasteiger partial charge in [0, 0.05) is 27.7 Å². The fourth-order valence-corrected chi connectivity index (χ4v) is 3.14. The lowest BCUT2D eigenvalue weighted by Crippen LogP contribution is -2.01. The molecule has 4 heteroatoms. The van der Waals surface area contributed by atoms with Crippen molar-refractivity contribution in [2.45, 2.75) is 6.54 Å². The molecule has 0 unspecified atom stereocenters. The highest BCUT2D eigenvalue weighted by Gasteiger charge is 2.07. The molecule has 0 atom stereocenters. The van der Waals surface area contributed by atoms with E-state index in [1.54, 1.807) is 17.4 Å². The van der Waals surface area contributed by atoms with E-state index in [-0.39, 0.29) is 5.82 Å². The smallest absolute Gasteiger partial charge is 0.124 e. The predicted octanol–water partition coefficient (Wildman–Crippen LogP) is 5.82. The Labute approximate surface area is 132 Å². The molecule has 0 bridgehead atoms. The van der Waals surface area contributed by atoms with Gasteiger partial charge in [-0.2, -0.15) is 0 Å². The summed E-state index contributed by atoms with van der Waals surface area (Å²) in [6.45, 7) is 0.557. The lowest BCUT2D eigenvalue weighted by molar-refractivity contribution is 0.627. The second-order valence-corrected chi connectivity index (χ2v) is 5.97. The Morgan fingerprint density at radius 3 is 2.67 bits per heavy atom. The van der Waals surface area contributed by atoms with E-state index in [2.05, 4.69) is 22.8 Å². The van der Waals surface area contributed by atoms with Crippen molar-refractivity contribution in [3.8, 4) is 10.4 Å². The molecule has 0 fully saturated rings. The maximum atomic E-state index is 13.1. The van der Waals surface area contributed by atoms with Gasteiger partial charge in [-0.15, -0.1) is 11.3 Å². The lowest BCUT2D eigenvalue weighted by Gasteiger charge is -2.12. The van der Waals surface area contributed by atoms with Gasteiger partial charge in [0.05, 0.1) is 0 Å². The topological polar surface area (TPSA) is 12.0 Å². The van der Waals surface area contributed by atoms with Gasteiger partial charge < -0.3 is 5.32 Å². The zero-order valence-corrected chi connectivity index (χ0v) is 12.7. The van der Waals surface area contributed by atoms with Gasteiger partial charge in [-0.3, -0.25) is 0 Å². The first-order chi connectivity index (χ1) is 10.2. The first-order valence-corrected chi connectivity index (χ1v) is 7.80. The summed E-state index contributed by atoms with van der Waals surface area (Å²) >= 11 is 7.76. The molecule has 1 nitrogen and oxygen atoms in total. The second kappa shape index (κ2) is 6.29. The first-order valence-electron chi connectivity index (χ1n) is 6.55. The molecular formula is C17H13ClFNS. The normalized spacial score (nSPS) is 10.6. The van der Waals surface area contributed by atoms with Crippen LogP contribution in [0.4, 0.5) is 10.1 Å². The van der Waals surface area contributed by atoms with Gasteiger partial charge in [0.15, 0.2) is 0 Å². The number of rotatable bonds is 4. The highest BCUT2D eigenvalue weighted by Crippen LogP contribution is 2.31. The summed E-state index contributed by atoms with van der Waals surface area (Å²) < 4.78 is 13.1. The fraction of sp³-hybridized carbons (Fsp3) is 0.0588. The summed E-state index contributed by atoms with van der Waals surface area (Å²) in [4.78, 5) is 1.21. The number of para-hydroxylation sites is 1. The van der Waals surface area contributed by atoms with Crippen LogP contribution in [0.2, 0.25) is 5.02 Å². The van der Waals surface area contributed by atoms with Crippen LogP contribution in [-0.4, -0.2) is 0 Å². The molecule has 0 saturated heterocycles. The molecule has 1 aromatic heterocycles. The van der Waals surface area contributed by atoms with E-state index >= 15 is 0 Å². The Morgan fingerprint density at radius 2 is 1.90 bits per heavy atom. The molecule has 3 aromatic rings. The molecule has 1 heterocycles. The average Bonchev–Trinajstić information content (AvgIpc) is 3.01. The van der Waals surface area contributed by atoms with E-state index in [4.69, 9.17) is 11.6 Å². The van der Waals surface area contributed by atoms with Crippen molar-refractivity contribution in [1.82, 2.24) is 0 Å². The monoisotopic (exact) mass is 317 g/mol. The molecule has 21 heavy (non-hydrogen) atoms. The van der Waals surface area contributed by atoms with E-state index in [1.807, 2.05) is 24.3 Å². The quantitative estimate of drug-likeness (QED) is 0.639. The Hall–Kier alpha value is -1.84. The summed E-state index contributed by atoms with van der Waals surface area (Å²) in [6, 6.07) is 16.7. The summed E-state index contributed by atoms with van der Waals surface area (Å²) in [5, 5.41) is 5.88. The molecule has 106 valence electrons. The van der Waals surface area contributed by atoms with Crippen LogP contribution in [0, 0.1) is 5.82 Å². The van der Waals surface area contributed by atoms with Crippen molar-refractivity contribution in [2.75, 3.05) is 5.32 Å². The Bertz CT molecular complexity index is 740. The van der Waals surface area contributed by atoms with Crippen molar-refractivity contribution >= 4 is 28.6 Å². The minimum atomic E-state index is -0.317. The van der Waals surface area contributed by atoms with Gasteiger partial charge in [0.1, 0.15) is 5.82 Å². The van der Waals surface area contributed by atoms with E-state index in [9.17, 15) is 4.39 Å². The molecule has 0 aliphatic carbocycles. The molecule has 0 amide bonds. The highest BCUT2D eigenvalue weighted by atomic mass is 35.5. The third-order valence-electron chi connectivity index (χ3n) is 3.20. The highest BCUT2D eigenvalue weighted by molar-refractivity contribution is 7.13. The van der Waals surface area contributed by atoms with Crippen molar-refractivity contribution in [3.05, 3.63) is 76.4 Å². The van der Waals surface area contributed by atoms with Crippen LogP contribution >= 0.6 is 22.9 Å². The maximum Gasteiger partial charge on any atom is 0.124 e. The van der Waals surface area contributed by atoms with Gasteiger partial charge in [-0.25, -0.2) is 4.39 Å². The van der Waals surface area contributed by atoms with Gasteiger partial charge in [-0.05, 0) is 35.2 Å². The summed E-state index contributed by atoms with van der Waals surface area (Å²) in [5.74, 6) is -0.317. The predicted molar refractivity (Wildman–Crippen MR) is 88.5 cm³/mol. The zero-order chi connectivity index (χ0) is 14.7. The minimum Gasteiger partial charge on any atom is -0.380 e. The average molecular weight is 318 g/mol. The Morgan fingerprint density at radius 1 is 1.05 bits per heavy atom. The lowest BCUT2D eigenvalue weighted by atomic mass is 10.1. The van der Waals surface area contributed by atoms with Crippen molar-refractivity contribution in [1.29, 1.82) is 0 Å². The molecule has 1 N–H and O–H groups in total. The van der Waals surface area contributed by atoms with E-state index in [0.29, 0.717) is 11.6 Å². The SMILES string of the molecule is Fc1ccc(CNc2ccccc2-c2cccs2)c(Cl)c1. The van der Waals surface area contributed by atoms with Gasteiger partial charge >= 0.3 is 0 Å². The fourth-order valence-electron chi connectivity index (χ4n) is 2.14. The number of nitrogens with one attached hydrogen (secondary N) is 1. The van der Waals surface area contributed by atoms with Gasteiger partial charge in [0.25, 0.3) is 0 Å².